The minimum absolute atomic E-state index is 0. The van der Waals surface area contributed by atoms with Crippen molar-refractivity contribution in [1.82, 2.24) is 5.32 Å². The van der Waals surface area contributed by atoms with E-state index < -0.39 is 0 Å². The smallest absolute Gasteiger partial charge is 0.0520 e. The summed E-state index contributed by atoms with van der Waals surface area (Å²) in [5, 5.41) is 3.51. The fourth-order valence-corrected chi connectivity index (χ4v) is 2.10. The number of hydrogen-bond acceptors (Lipinski definition) is 2. The van der Waals surface area contributed by atoms with E-state index >= 15 is 0 Å². The summed E-state index contributed by atoms with van der Waals surface area (Å²) < 4.78 is 5.14. The van der Waals surface area contributed by atoms with Crippen molar-refractivity contribution in [2.75, 3.05) is 20.3 Å². The zero-order valence-corrected chi connectivity index (χ0v) is 7.75. The van der Waals surface area contributed by atoms with Crippen LogP contribution in [0.4, 0.5) is 0 Å². The highest BCUT2D eigenvalue weighted by Gasteiger charge is 2.50. The topological polar surface area (TPSA) is 21.3 Å². The molecule has 0 aromatic rings. The van der Waals surface area contributed by atoms with E-state index in [9.17, 15) is 0 Å². The van der Waals surface area contributed by atoms with E-state index in [1.807, 2.05) is 0 Å². The van der Waals surface area contributed by atoms with Gasteiger partial charge in [0.05, 0.1) is 6.61 Å². The van der Waals surface area contributed by atoms with Gasteiger partial charge in [0, 0.05) is 25.1 Å². The van der Waals surface area contributed by atoms with Crippen LogP contribution in [0.3, 0.4) is 0 Å². The SMILES string of the molecule is COCC1CNC12CCC2.Cl. The minimum Gasteiger partial charge on any atom is -0.384 e. The molecule has 2 rings (SSSR count). The molecule has 1 N–H and O–H groups in total. The molecule has 1 aliphatic carbocycles. The zero-order valence-electron chi connectivity index (χ0n) is 6.93. The highest BCUT2D eigenvalue weighted by molar-refractivity contribution is 5.85. The molecule has 1 aliphatic heterocycles. The highest BCUT2D eigenvalue weighted by atomic mass is 35.5. The zero-order chi connectivity index (χ0) is 7.03. The summed E-state index contributed by atoms with van der Waals surface area (Å²) in [6.07, 6.45) is 4.16. The molecule has 2 nitrogen and oxygen atoms in total. The number of methoxy groups -OCH3 is 1. The van der Waals surface area contributed by atoms with Gasteiger partial charge in [-0.2, -0.15) is 0 Å². The largest absolute Gasteiger partial charge is 0.384 e. The molecule has 0 radical (unpaired) electrons. The van der Waals surface area contributed by atoms with Gasteiger partial charge in [-0.15, -0.1) is 12.4 Å². The number of nitrogens with one attached hydrogen (secondary N) is 1. The third-order valence-corrected chi connectivity index (χ3v) is 3.10. The molecule has 3 heteroatoms. The summed E-state index contributed by atoms with van der Waals surface area (Å²) in [5.74, 6) is 0.811. The Labute approximate surface area is 74.1 Å². The Hall–Kier alpha value is 0.210. The number of ether oxygens (including phenoxy) is 1. The van der Waals surface area contributed by atoms with Crippen LogP contribution in [-0.2, 0) is 4.74 Å². The molecule has 1 atom stereocenters. The van der Waals surface area contributed by atoms with E-state index in [2.05, 4.69) is 5.32 Å². The van der Waals surface area contributed by atoms with Gasteiger partial charge in [-0.1, -0.05) is 0 Å². The second kappa shape index (κ2) is 3.30. The maximum atomic E-state index is 5.14. The monoisotopic (exact) mass is 177 g/mol. The van der Waals surface area contributed by atoms with Crippen LogP contribution in [0.25, 0.3) is 0 Å². The maximum absolute atomic E-state index is 5.14. The lowest BCUT2D eigenvalue weighted by Gasteiger charge is -2.56. The lowest BCUT2D eigenvalue weighted by molar-refractivity contribution is -0.0258. The van der Waals surface area contributed by atoms with Crippen molar-refractivity contribution < 1.29 is 4.74 Å². The molecule has 0 amide bonds. The fourth-order valence-electron chi connectivity index (χ4n) is 2.10. The van der Waals surface area contributed by atoms with E-state index in [0.29, 0.717) is 5.54 Å². The Kier molecular flexibility index (Phi) is 2.79. The third kappa shape index (κ3) is 1.28. The van der Waals surface area contributed by atoms with Crippen LogP contribution in [0.2, 0.25) is 0 Å². The fraction of sp³-hybridized carbons (Fsp3) is 1.00. The van der Waals surface area contributed by atoms with E-state index in [1.54, 1.807) is 7.11 Å². The third-order valence-electron chi connectivity index (χ3n) is 3.10. The summed E-state index contributed by atoms with van der Waals surface area (Å²) in [7, 11) is 1.80. The minimum atomic E-state index is 0. The van der Waals surface area contributed by atoms with Crippen molar-refractivity contribution >= 4 is 12.4 Å². The molecule has 1 saturated carbocycles. The Balaban J connectivity index is 0.000000605. The summed E-state index contributed by atoms with van der Waals surface area (Å²) in [5.41, 5.74) is 0.538. The van der Waals surface area contributed by atoms with Crippen LogP contribution >= 0.6 is 12.4 Å². The van der Waals surface area contributed by atoms with Gasteiger partial charge in [0.1, 0.15) is 0 Å². The lowest BCUT2D eigenvalue weighted by atomic mass is 9.63. The van der Waals surface area contributed by atoms with E-state index in [-0.39, 0.29) is 12.4 Å². The Morgan fingerprint density at radius 1 is 1.55 bits per heavy atom. The van der Waals surface area contributed by atoms with Gasteiger partial charge in [0.2, 0.25) is 0 Å². The van der Waals surface area contributed by atoms with Crippen LogP contribution in [-0.4, -0.2) is 25.8 Å². The van der Waals surface area contributed by atoms with Crippen molar-refractivity contribution in [3.05, 3.63) is 0 Å². The normalized spacial score (nSPS) is 31.9. The van der Waals surface area contributed by atoms with Crippen LogP contribution in [0.5, 0.6) is 0 Å². The Morgan fingerprint density at radius 3 is 2.55 bits per heavy atom. The molecule has 1 unspecified atom stereocenters. The van der Waals surface area contributed by atoms with Crippen molar-refractivity contribution in [2.45, 2.75) is 24.8 Å². The lowest BCUT2D eigenvalue weighted by Crippen LogP contribution is -2.69. The standard InChI is InChI=1S/C8H15NO.ClH/c1-10-6-7-5-9-8(7)3-2-4-8;/h7,9H,2-6H2,1H3;1H. The predicted molar refractivity (Wildman–Crippen MR) is 47.2 cm³/mol. The molecule has 1 spiro atoms. The van der Waals surface area contributed by atoms with Gasteiger partial charge in [0.25, 0.3) is 0 Å². The van der Waals surface area contributed by atoms with Crippen LogP contribution in [0, 0.1) is 5.92 Å². The molecule has 0 aromatic carbocycles. The first-order valence-electron chi connectivity index (χ1n) is 4.11. The molecule has 11 heavy (non-hydrogen) atoms. The van der Waals surface area contributed by atoms with Gasteiger partial charge >= 0.3 is 0 Å². The van der Waals surface area contributed by atoms with Crippen molar-refractivity contribution in [2.24, 2.45) is 5.92 Å². The van der Waals surface area contributed by atoms with Gasteiger partial charge in [-0.25, -0.2) is 0 Å². The summed E-state index contributed by atoms with van der Waals surface area (Å²) >= 11 is 0. The van der Waals surface area contributed by atoms with Crippen molar-refractivity contribution in [3.8, 4) is 0 Å². The number of rotatable bonds is 2. The summed E-state index contributed by atoms with van der Waals surface area (Å²) in [6, 6.07) is 0. The average Bonchev–Trinajstić information content (AvgIpc) is 1.77. The predicted octanol–water partition coefficient (Wildman–Crippen LogP) is 1.20. The maximum Gasteiger partial charge on any atom is 0.0520 e. The molecule has 66 valence electrons. The van der Waals surface area contributed by atoms with Gasteiger partial charge in [-0.05, 0) is 19.3 Å². The second-order valence-electron chi connectivity index (χ2n) is 3.54. The molecule has 2 fully saturated rings. The molecular weight excluding hydrogens is 162 g/mol. The molecule has 2 aliphatic rings. The van der Waals surface area contributed by atoms with Crippen LogP contribution in [0.15, 0.2) is 0 Å². The summed E-state index contributed by atoms with van der Waals surface area (Å²) in [6.45, 7) is 2.13. The molecule has 1 saturated heterocycles. The van der Waals surface area contributed by atoms with E-state index in [1.165, 1.54) is 25.8 Å². The van der Waals surface area contributed by atoms with Crippen molar-refractivity contribution in [3.63, 3.8) is 0 Å². The van der Waals surface area contributed by atoms with Gasteiger partial charge in [0.15, 0.2) is 0 Å². The van der Waals surface area contributed by atoms with Gasteiger partial charge in [-0.3, -0.25) is 0 Å². The van der Waals surface area contributed by atoms with Gasteiger partial charge < -0.3 is 10.1 Å². The first-order chi connectivity index (χ1) is 4.87. The molecule has 1 heterocycles. The second-order valence-corrected chi connectivity index (χ2v) is 3.54. The molecule has 0 aromatic heterocycles. The van der Waals surface area contributed by atoms with E-state index in [0.717, 1.165) is 12.5 Å². The Morgan fingerprint density at radius 2 is 2.27 bits per heavy atom. The first kappa shape index (κ1) is 9.30. The average molecular weight is 178 g/mol. The van der Waals surface area contributed by atoms with Crippen molar-refractivity contribution in [1.29, 1.82) is 0 Å². The van der Waals surface area contributed by atoms with Crippen LogP contribution in [0.1, 0.15) is 19.3 Å². The Bertz CT molecular complexity index is 131. The quantitative estimate of drug-likeness (QED) is 0.685. The molecule has 0 bridgehead atoms. The highest BCUT2D eigenvalue weighted by Crippen LogP contribution is 2.43. The molecular formula is C8H16ClNO. The van der Waals surface area contributed by atoms with Crippen LogP contribution < -0.4 is 5.32 Å². The number of hydrogen-bond donors (Lipinski definition) is 1. The van der Waals surface area contributed by atoms with E-state index in [4.69, 9.17) is 4.74 Å². The summed E-state index contributed by atoms with van der Waals surface area (Å²) in [4.78, 5) is 0. The number of halogens is 1. The first-order valence-corrected chi connectivity index (χ1v) is 4.11.